The van der Waals surface area contributed by atoms with Crippen LogP contribution in [0.15, 0.2) is 18.2 Å². The van der Waals surface area contributed by atoms with Crippen LogP contribution in [0.25, 0.3) is 0 Å². The number of methoxy groups -OCH3 is 1. The van der Waals surface area contributed by atoms with Crippen LogP contribution in [0.1, 0.15) is 11.1 Å². The third kappa shape index (κ3) is 1.54. The second kappa shape index (κ2) is 3.38. The molecule has 1 atom stereocenters. The van der Waals surface area contributed by atoms with E-state index in [1.54, 1.807) is 12.0 Å². The first-order chi connectivity index (χ1) is 6.31. The van der Waals surface area contributed by atoms with Crippen LogP contribution in [-0.2, 0) is 13.0 Å². The van der Waals surface area contributed by atoms with Gasteiger partial charge in [0.25, 0.3) is 0 Å². The second-order valence-corrected chi connectivity index (χ2v) is 3.73. The summed E-state index contributed by atoms with van der Waals surface area (Å²) in [4.78, 5) is 1.58. The molecule has 1 unspecified atom stereocenters. The van der Waals surface area contributed by atoms with Crippen molar-refractivity contribution < 1.29 is 9.64 Å². The van der Waals surface area contributed by atoms with Crippen LogP contribution in [-0.4, -0.2) is 20.7 Å². The Kier molecular flexibility index (Phi) is 2.23. The van der Waals surface area contributed by atoms with Crippen molar-refractivity contribution >= 4 is 0 Å². The molecule has 1 aliphatic heterocycles. The van der Waals surface area contributed by atoms with E-state index in [2.05, 4.69) is 25.2 Å². The van der Waals surface area contributed by atoms with Gasteiger partial charge < -0.3 is 9.64 Å². The molecule has 0 spiro atoms. The maximum absolute atomic E-state index is 5.34. The summed E-state index contributed by atoms with van der Waals surface area (Å²) >= 11 is 0. The van der Waals surface area contributed by atoms with Gasteiger partial charge in [0.2, 0.25) is 0 Å². The van der Waals surface area contributed by atoms with Crippen LogP contribution >= 0.6 is 0 Å². The topological polar surface area (TPSA) is 13.7 Å². The lowest BCUT2D eigenvalue weighted by Gasteiger charge is -2.23. The van der Waals surface area contributed by atoms with Gasteiger partial charge >= 0.3 is 0 Å². The molecule has 0 bridgehead atoms. The fourth-order valence-corrected chi connectivity index (χ4v) is 2.00. The number of likely N-dealkylation sites (N-methyl/N-ethyl adjacent to an activating group) is 1. The van der Waals surface area contributed by atoms with Crippen molar-refractivity contribution in [2.45, 2.75) is 13.0 Å². The zero-order valence-electron chi connectivity index (χ0n) is 8.26. The van der Waals surface area contributed by atoms with E-state index in [-0.39, 0.29) is 0 Å². The first kappa shape index (κ1) is 8.57. The summed E-state index contributed by atoms with van der Waals surface area (Å²) in [6.07, 6.45) is 1.14. The summed E-state index contributed by atoms with van der Waals surface area (Å²) in [7, 11) is 3.99. The van der Waals surface area contributed by atoms with Crippen LogP contribution < -0.4 is 9.64 Å². The van der Waals surface area contributed by atoms with Gasteiger partial charge in [-0.3, -0.25) is 0 Å². The van der Waals surface area contributed by atoms with Gasteiger partial charge in [-0.25, -0.2) is 0 Å². The van der Waals surface area contributed by atoms with E-state index in [1.165, 1.54) is 17.7 Å². The fourth-order valence-electron chi connectivity index (χ4n) is 2.00. The molecule has 1 heterocycles. The molecule has 2 heteroatoms. The van der Waals surface area contributed by atoms with Gasteiger partial charge in [0.15, 0.2) is 0 Å². The summed E-state index contributed by atoms with van der Waals surface area (Å²) in [5.74, 6) is 1.06. The molecule has 2 nitrogen and oxygen atoms in total. The van der Waals surface area contributed by atoms with Gasteiger partial charge in [-0.2, -0.15) is 0 Å². The van der Waals surface area contributed by atoms with E-state index >= 15 is 0 Å². The number of quaternary nitrogens is 1. The lowest BCUT2D eigenvalue weighted by atomic mass is 9.99. The van der Waals surface area contributed by atoms with Gasteiger partial charge in [0.05, 0.1) is 20.7 Å². The quantitative estimate of drug-likeness (QED) is 0.651. The van der Waals surface area contributed by atoms with E-state index in [0.717, 1.165) is 18.7 Å². The maximum atomic E-state index is 5.34. The molecular formula is C11H16NO+. The Labute approximate surface area is 79.1 Å². The average molecular weight is 178 g/mol. The van der Waals surface area contributed by atoms with Crippen molar-refractivity contribution in [1.29, 1.82) is 0 Å². The largest absolute Gasteiger partial charge is 0.496 e. The third-order valence-electron chi connectivity index (χ3n) is 2.74. The maximum Gasteiger partial charge on any atom is 0.122 e. The summed E-state index contributed by atoms with van der Waals surface area (Å²) in [6, 6.07) is 6.34. The lowest BCUT2D eigenvalue weighted by Crippen LogP contribution is -3.08. The highest BCUT2D eigenvalue weighted by Crippen LogP contribution is 2.23. The van der Waals surface area contributed by atoms with Crippen LogP contribution in [0, 0.1) is 0 Å². The van der Waals surface area contributed by atoms with E-state index in [4.69, 9.17) is 4.74 Å². The summed E-state index contributed by atoms with van der Waals surface area (Å²) < 4.78 is 5.34. The minimum absolute atomic E-state index is 1.06. The number of fused-ring (bicyclic) bond motifs is 1. The Bertz CT molecular complexity index is 309. The summed E-state index contributed by atoms with van der Waals surface area (Å²) in [5, 5.41) is 0. The molecule has 0 saturated carbocycles. The molecule has 1 N–H and O–H groups in total. The highest BCUT2D eigenvalue weighted by molar-refractivity contribution is 5.40. The molecule has 0 aromatic heterocycles. The first-order valence-electron chi connectivity index (χ1n) is 4.77. The Morgan fingerprint density at radius 3 is 3.00 bits per heavy atom. The molecule has 1 aromatic rings. The van der Waals surface area contributed by atoms with Crippen LogP contribution in [0.4, 0.5) is 0 Å². The Morgan fingerprint density at radius 2 is 2.23 bits per heavy atom. The molecule has 2 rings (SSSR count). The summed E-state index contributed by atoms with van der Waals surface area (Å²) in [6.45, 7) is 2.35. The first-order valence-corrected chi connectivity index (χ1v) is 4.77. The second-order valence-electron chi connectivity index (χ2n) is 3.73. The van der Waals surface area contributed by atoms with Crippen molar-refractivity contribution in [2.75, 3.05) is 20.7 Å². The van der Waals surface area contributed by atoms with E-state index in [1.807, 2.05) is 0 Å². The fraction of sp³-hybridized carbons (Fsp3) is 0.455. The minimum Gasteiger partial charge on any atom is -0.496 e. The van der Waals surface area contributed by atoms with Crippen molar-refractivity contribution in [3.05, 3.63) is 29.3 Å². The SMILES string of the molecule is COc1cccc2c1CC[NH+](C)C2. The molecule has 1 aliphatic rings. The number of ether oxygens (including phenoxy) is 1. The molecule has 0 aliphatic carbocycles. The molecular weight excluding hydrogens is 162 g/mol. The number of rotatable bonds is 1. The number of hydrogen-bond donors (Lipinski definition) is 1. The molecule has 0 fully saturated rings. The molecule has 0 saturated heterocycles. The van der Waals surface area contributed by atoms with Gasteiger partial charge in [-0.05, 0) is 6.07 Å². The predicted octanol–water partition coefficient (Wildman–Crippen LogP) is 0.266. The van der Waals surface area contributed by atoms with Crippen molar-refractivity contribution in [3.8, 4) is 5.75 Å². The van der Waals surface area contributed by atoms with Crippen LogP contribution in [0.3, 0.4) is 0 Å². The molecule has 0 amide bonds. The standard InChI is InChI=1S/C11H15NO/c1-12-7-6-10-9(8-12)4-3-5-11(10)13-2/h3-5H,6-8H2,1-2H3/p+1. The van der Waals surface area contributed by atoms with E-state index in [0.29, 0.717) is 0 Å². The zero-order valence-corrected chi connectivity index (χ0v) is 8.26. The number of nitrogens with one attached hydrogen (secondary N) is 1. The summed E-state index contributed by atoms with van der Waals surface area (Å²) in [5.41, 5.74) is 2.86. The zero-order chi connectivity index (χ0) is 9.26. The van der Waals surface area contributed by atoms with Gasteiger partial charge in [0, 0.05) is 17.5 Å². The Morgan fingerprint density at radius 1 is 1.38 bits per heavy atom. The predicted molar refractivity (Wildman–Crippen MR) is 52.2 cm³/mol. The monoisotopic (exact) mass is 178 g/mol. The molecule has 0 radical (unpaired) electrons. The third-order valence-corrected chi connectivity index (χ3v) is 2.74. The number of benzene rings is 1. The Balaban J connectivity index is 2.39. The van der Waals surface area contributed by atoms with Crippen molar-refractivity contribution in [3.63, 3.8) is 0 Å². The highest BCUT2D eigenvalue weighted by atomic mass is 16.5. The van der Waals surface area contributed by atoms with Gasteiger partial charge in [0.1, 0.15) is 12.3 Å². The highest BCUT2D eigenvalue weighted by Gasteiger charge is 2.18. The average Bonchev–Trinajstić information content (AvgIpc) is 2.16. The van der Waals surface area contributed by atoms with E-state index in [9.17, 15) is 0 Å². The van der Waals surface area contributed by atoms with Crippen LogP contribution in [0.2, 0.25) is 0 Å². The Hall–Kier alpha value is -1.02. The molecule has 70 valence electrons. The van der Waals surface area contributed by atoms with Crippen molar-refractivity contribution in [2.24, 2.45) is 0 Å². The molecule has 13 heavy (non-hydrogen) atoms. The smallest absolute Gasteiger partial charge is 0.122 e. The van der Waals surface area contributed by atoms with Crippen LogP contribution in [0.5, 0.6) is 5.75 Å². The minimum atomic E-state index is 1.06. The lowest BCUT2D eigenvalue weighted by molar-refractivity contribution is -0.895. The van der Waals surface area contributed by atoms with E-state index < -0.39 is 0 Å². The van der Waals surface area contributed by atoms with Gasteiger partial charge in [-0.1, -0.05) is 12.1 Å². The molecule has 1 aromatic carbocycles. The number of hydrogen-bond acceptors (Lipinski definition) is 1. The normalized spacial score (nSPS) is 20.9. The van der Waals surface area contributed by atoms with Crippen molar-refractivity contribution in [1.82, 2.24) is 0 Å². The van der Waals surface area contributed by atoms with Gasteiger partial charge in [-0.15, -0.1) is 0 Å².